The average Bonchev–Trinajstić information content (AvgIpc) is 2.97. The standard InChI is InChI=1S/C17H20N2O2S/c1-3-4-5-9-16(20)19-12-22-11-15(19)17(21)18-14-8-6-7-13(2)10-14/h3-10,15H,11-12H2,1-2H3,(H,18,21). The van der Waals surface area contributed by atoms with E-state index in [9.17, 15) is 9.59 Å². The predicted octanol–water partition coefficient (Wildman–Crippen LogP) is 2.97. The lowest BCUT2D eigenvalue weighted by Crippen LogP contribution is -2.43. The van der Waals surface area contributed by atoms with Crippen molar-refractivity contribution in [3.05, 3.63) is 54.1 Å². The molecule has 5 heteroatoms. The lowest BCUT2D eigenvalue weighted by molar-refractivity contribution is -0.132. The van der Waals surface area contributed by atoms with E-state index < -0.39 is 6.04 Å². The van der Waals surface area contributed by atoms with Gasteiger partial charge in [-0.15, -0.1) is 11.8 Å². The highest BCUT2D eigenvalue weighted by molar-refractivity contribution is 7.99. The summed E-state index contributed by atoms with van der Waals surface area (Å²) >= 11 is 1.59. The first kappa shape index (κ1) is 16.4. The molecule has 2 rings (SSSR count). The van der Waals surface area contributed by atoms with Crippen LogP contribution in [0.1, 0.15) is 12.5 Å². The van der Waals surface area contributed by atoms with Gasteiger partial charge in [0, 0.05) is 17.5 Å². The van der Waals surface area contributed by atoms with Gasteiger partial charge in [-0.3, -0.25) is 9.59 Å². The van der Waals surface area contributed by atoms with E-state index in [-0.39, 0.29) is 11.8 Å². The molecule has 1 fully saturated rings. The van der Waals surface area contributed by atoms with Crippen molar-refractivity contribution in [2.24, 2.45) is 0 Å². The Morgan fingerprint density at radius 2 is 2.18 bits per heavy atom. The number of rotatable bonds is 4. The zero-order chi connectivity index (χ0) is 15.9. The highest BCUT2D eigenvalue weighted by Crippen LogP contribution is 2.22. The van der Waals surface area contributed by atoms with E-state index in [0.717, 1.165) is 11.3 Å². The maximum Gasteiger partial charge on any atom is 0.248 e. The third kappa shape index (κ3) is 4.24. The summed E-state index contributed by atoms with van der Waals surface area (Å²) < 4.78 is 0. The van der Waals surface area contributed by atoms with Crippen molar-refractivity contribution in [2.45, 2.75) is 19.9 Å². The maximum absolute atomic E-state index is 12.4. The lowest BCUT2D eigenvalue weighted by atomic mass is 10.2. The van der Waals surface area contributed by atoms with Gasteiger partial charge in [0.1, 0.15) is 6.04 Å². The van der Waals surface area contributed by atoms with Gasteiger partial charge >= 0.3 is 0 Å². The topological polar surface area (TPSA) is 49.4 Å². The van der Waals surface area contributed by atoms with Crippen LogP contribution in [0.4, 0.5) is 5.69 Å². The molecular formula is C17H20N2O2S. The number of hydrogen-bond acceptors (Lipinski definition) is 3. The first-order valence-electron chi connectivity index (χ1n) is 7.17. The van der Waals surface area contributed by atoms with Crippen molar-refractivity contribution in [1.29, 1.82) is 0 Å². The van der Waals surface area contributed by atoms with Gasteiger partial charge in [0.05, 0.1) is 5.88 Å². The Morgan fingerprint density at radius 3 is 2.91 bits per heavy atom. The van der Waals surface area contributed by atoms with E-state index in [1.165, 1.54) is 6.08 Å². The van der Waals surface area contributed by atoms with E-state index >= 15 is 0 Å². The first-order valence-corrected chi connectivity index (χ1v) is 8.32. The molecule has 1 aromatic carbocycles. The summed E-state index contributed by atoms with van der Waals surface area (Å²) in [5.41, 5.74) is 1.85. The Morgan fingerprint density at radius 1 is 1.36 bits per heavy atom. The van der Waals surface area contributed by atoms with Gasteiger partial charge in [0.2, 0.25) is 11.8 Å². The van der Waals surface area contributed by atoms with Crippen LogP contribution in [0.3, 0.4) is 0 Å². The van der Waals surface area contributed by atoms with Crippen molar-refractivity contribution in [3.8, 4) is 0 Å². The SMILES string of the molecule is CC=CC=CC(=O)N1CSCC1C(=O)Nc1cccc(C)c1. The summed E-state index contributed by atoms with van der Waals surface area (Å²) in [6.07, 6.45) is 6.84. The highest BCUT2D eigenvalue weighted by atomic mass is 32.2. The second-order valence-corrected chi connectivity index (χ2v) is 6.07. The number of nitrogens with zero attached hydrogens (tertiary/aromatic N) is 1. The normalized spacial score (nSPS) is 18.3. The fourth-order valence-electron chi connectivity index (χ4n) is 2.17. The molecule has 1 aliphatic heterocycles. The van der Waals surface area contributed by atoms with Gasteiger partial charge in [0.25, 0.3) is 0 Å². The quantitative estimate of drug-likeness (QED) is 0.686. The Balaban J connectivity index is 2.03. The number of anilines is 1. The van der Waals surface area contributed by atoms with Gasteiger partial charge in [-0.1, -0.05) is 30.4 Å². The molecule has 1 aliphatic rings. The molecule has 0 saturated carbocycles. The third-order valence-electron chi connectivity index (χ3n) is 3.30. The molecule has 22 heavy (non-hydrogen) atoms. The Hall–Kier alpha value is -2.01. The summed E-state index contributed by atoms with van der Waals surface area (Å²) in [7, 11) is 0. The molecular weight excluding hydrogens is 296 g/mol. The lowest BCUT2D eigenvalue weighted by Gasteiger charge is -2.21. The van der Waals surface area contributed by atoms with E-state index in [2.05, 4.69) is 5.32 Å². The molecule has 0 aliphatic carbocycles. The number of allylic oxidation sites excluding steroid dienone is 3. The molecule has 1 atom stereocenters. The van der Waals surface area contributed by atoms with E-state index in [1.807, 2.05) is 44.2 Å². The van der Waals surface area contributed by atoms with Crippen molar-refractivity contribution in [2.75, 3.05) is 16.9 Å². The molecule has 1 N–H and O–H groups in total. The van der Waals surface area contributed by atoms with E-state index in [4.69, 9.17) is 0 Å². The molecule has 4 nitrogen and oxygen atoms in total. The Labute approximate surface area is 135 Å². The number of nitrogens with one attached hydrogen (secondary N) is 1. The largest absolute Gasteiger partial charge is 0.324 e. The van der Waals surface area contributed by atoms with Crippen molar-refractivity contribution >= 4 is 29.3 Å². The van der Waals surface area contributed by atoms with Crippen LogP contribution in [0.15, 0.2) is 48.6 Å². The van der Waals surface area contributed by atoms with Crippen LogP contribution >= 0.6 is 11.8 Å². The van der Waals surface area contributed by atoms with Crippen LogP contribution in [-0.4, -0.2) is 34.4 Å². The van der Waals surface area contributed by atoms with Crippen molar-refractivity contribution < 1.29 is 9.59 Å². The summed E-state index contributed by atoms with van der Waals surface area (Å²) in [5.74, 6) is 0.905. The molecule has 0 bridgehead atoms. The number of carbonyl (C=O) groups is 2. The van der Waals surface area contributed by atoms with Crippen molar-refractivity contribution in [3.63, 3.8) is 0 Å². The fraction of sp³-hybridized carbons (Fsp3) is 0.294. The number of benzene rings is 1. The minimum absolute atomic E-state index is 0.132. The summed E-state index contributed by atoms with van der Waals surface area (Å²) in [6.45, 7) is 3.86. The van der Waals surface area contributed by atoms with Gasteiger partial charge in [-0.25, -0.2) is 0 Å². The van der Waals surface area contributed by atoms with Gasteiger partial charge in [0.15, 0.2) is 0 Å². The molecule has 116 valence electrons. The molecule has 1 aromatic rings. The predicted molar refractivity (Wildman–Crippen MR) is 91.7 cm³/mol. The monoisotopic (exact) mass is 316 g/mol. The number of hydrogen-bond donors (Lipinski definition) is 1. The fourth-order valence-corrected chi connectivity index (χ4v) is 3.33. The first-order chi connectivity index (χ1) is 10.6. The van der Waals surface area contributed by atoms with Crippen LogP contribution in [0.5, 0.6) is 0 Å². The highest BCUT2D eigenvalue weighted by Gasteiger charge is 2.33. The summed E-state index contributed by atoms with van der Waals surface area (Å²) in [4.78, 5) is 26.2. The molecule has 2 amide bonds. The Bertz CT molecular complexity index is 610. The van der Waals surface area contributed by atoms with Crippen LogP contribution in [-0.2, 0) is 9.59 Å². The van der Waals surface area contributed by atoms with Crippen LogP contribution < -0.4 is 5.32 Å². The number of thioether (sulfide) groups is 1. The minimum Gasteiger partial charge on any atom is -0.324 e. The number of aryl methyl sites for hydroxylation is 1. The second kappa shape index (κ2) is 7.84. The zero-order valence-electron chi connectivity index (χ0n) is 12.8. The van der Waals surface area contributed by atoms with Gasteiger partial charge in [-0.2, -0.15) is 0 Å². The van der Waals surface area contributed by atoms with Crippen LogP contribution in [0, 0.1) is 6.92 Å². The summed E-state index contributed by atoms with van der Waals surface area (Å²) in [5, 5.41) is 2.89. The zero-order valence-corrected chi connectivity index (χ0v) is 13.6. The molecule has 1 saturated heterocycles. The minimum atomic E-state index is -0.423. The summed E-state index contributed by atoms with van der Waals surface area (Å²) in [6, 6.07) is 7.22. The van der Waals surface area contributed by atoms with E-state index in [1.54, 1.807) is 28.8 Å². The van der Waals surface area contributed by atoms with E-state index in [0.29, 0.717) is 11.6 Å². The smallest absolute Gasteiger partial charge is 0.248 e. The van der Waals surface area contributed by atoms with Gasteiger partial charge < -0.3 is 10.2 Å². The maximum atomic E-state index is 12.4. The molecule has 0 spiro atoms. The molecule has 1 unspecified atom stereocenters. The van der Waals surface area contributed by atoms with Crippen molar-refractivity contribution in [1.82, 2.24) is 4.90 Å². The number of amides is 2. The van der Waals surface area contributed by atoms with Crippen LogP contribution in [0.25, 0.3) is 0 Å². The van der Waals surface area contributed by atoms with Gasteiger partial charge in [-0.05, 0) is 31.5 Å². The molecule has 0 aromatic heterocycles. The van der Waals surface area contributed by atoms with Crippen LogP contribution in [0.2, 0.25) is 0 Å². The molecule has 1 heterocycles. The third-order valence-corrected chi connectivity index (χ3v) is 4.31. The Kier molecular flexibility index (Phi) is 5.83. The second-order valence-electron chi connectivity index (χ2n) is 5.07. The number of carbonyl (C=O) groups excluding carboxylic acids is 2. The molecule has 0 radical (unpaired) electrons. The average molecular weight is 316 g/mol.